The molecular formula is C22H26N4O3. The summed E-state index contributed by atoms with van der Waals surface area (Å²) in [5.74, 6) is 1.38. The lowest BCUT2D eigenvalue weighted by atomic mass is 10.1. The van der Waals surface area contributed by atoms with E-state index in [2.05, 4.69) is 12.0 Å². The van der Waals surface area contributed by atoms with Crippen LogP contribution < -0.4 is 5.69 Å². The Labute approximate surface area is 169 Å². The number of para-hydroxylation sites is 1. The van der Waals surface area contributed by atoms with Gasteiger partial charge in [0.05, 0.1) is 18.0 Å². The number of likely N-dealkylation sites (tertiary alicyclic amines) is 1. The Morgan fingerprint density at radius 1 is 1.21 bits per heavy atom. The molecule has 29 heavy (non-hydrogen) atoms. The van der Waals surface area contributed by atoms with Crippen molar-refractivity contribution < 1.29 is 9.21 Å². The van der Waals surface area contributed by atoms with E-state index in [9.17, 15) is 9.59 Å². The summed E-state index contributed by atoms with van der Waals surface area (Å²) in [5.41, 5.74) is 0.501. The van der Waals surface area contributed by atoms with Gasteiger partial charge in [-0.1, -0.05) is 31.5 Å². The molecule has 0 radical (unpaired) electrons. The van der Waals surface area contributed by atoms with Gasteiger partial charge < -0.3 is 9.32 Å². The van der Waals surface area contributed by atoms with Crippen LogP contribution in [0.1, 0.15) is 50.2 Å². The van der Waals surface area contributed by atoms with Crippen molar-refractivity contribution in [2.24, 2.45) is 0 Å². The van der Waals surface area contributed by atoms with E-state index in [0.29, 0.717) is 18.8 Å². The standard InChI is InChI=1S/C22H26N4O3/c1-2-3-13-20-23-25(22(28)26(20)17-9-5-4-6-10-17)16-21(27)24-14-7-11-18(24)19-12-8-15-29-19/h4-6,8-10,12,15,18H,2-3,7,11,13-14,16H2,1H3/t18-/m0/s1. The molecule has 1 aromatic carbocycles. The molecule has 0 saturated carbocycles. The molecule has 0 spiro atoms. The Bertz CT molecular complexity index is 1000. The zero-order valence-corrected chi connectivity index (χ0v) is 16.7. The van der Waals surface area contributed by atoms with Crippen LogP contribution in [0.25, 0.3) is 5.69 Å². The number of nitrogens with zero attached hydrogens (tertiary/aromatic N) is 4. The van der Waals surface area contributed by atoms with Crippen molar-refractivity contribution in [3.05, 3.63) is 70.8 Å². The van der Waals surface area contributed by atoms with E-state index in [0.717, 1.165) is 37.1 Å². The molecule has 1 aliphatic heterocycles. The number of aryl methyl sites for hydroxylation is 1. The van der Waals surface area contributed by atoms with Crippen molar-refractivity contribution in [3.8, 4) is 5.69 Å². The first-order valence-electron chi connectivity index (χ1n) is 10.3. The zero-order valence-electron chi connectivity index (χ0n) is 16.7. The lowest BCUT2D eigenvalue weighted by Gasteiger charge is -2.22. The van der Waals surface area contributed by atoms with E-state index in [4.69, 9.17) is 4.42 Å². The van der Waals surface area contributed by atoms with Crippen molar-refractivity contribution in [1.82, 2.24) is 19.2 Å². The molecule has 2 aromatic heterocycles. The maximum absolute atomic E-state index is 13.1. The van der Waals surface area contributed by atoms with Crippen LogP contribution >= 0.6 is 0 Å². The minimum Gasteiger partial charge on any atom is -0.467 e. The van der Waals surface area contributed by atoms with Gasteiger partial charge in [0.1, 0.15) is 18.1 Å². The number of carbonyl (C=O) groups is 1. The summed E-state index contributed by atoms with van der Waals surface area (Å²) >= 11 is 0. The first kappa shape index (κ1) is 19.2. The molecule has 1 atom stereocenters. The van der Waals surface area contributed by atoms with E-state index in [1.807, 2.05) is 42.5 Å². The van der Waals surface area contributed by atoms with Gasteiger partial charge in [0.2, 0.25) is 5.91 Å². The molecule has 3 heterocycles. The maximum Gasteiger partial charge on any atom is 0.351 e. The molecule has 0 N–H and O–H groups in total. The first-order chi connectivity index (χ1) is 14.2. The van der Waals surface area contributed by atoms with Crippen molar-refractivity contribution in [2.45, 2.75) is 51.6 Å². The van der Waals surface area contributed by atoms with Crippen molar-refractivity contribution in [1.29, 1.82) is 0 Å². The van der Waals surface area contributed by atoms with Gasteiger partial charge in [-0.25, -0.2) is 14.0 Å². The number of carbonyl (C=O) groups excluding carboxylic acids is 1. The summed E-state index contributed by atoms with van der Waals surface area (Å²) in [6, 6.07) is 13.1. The summed E-state index contributed by atoms with van der Waals surface area (Å²) in [5, 5.41) is 4.52. The second kappa shape index (κ2) is 8.51. The molecule has 0 bridgehead atoms. The van der Waals surface area contributed by atoms with E-state index in [1.54, 1.807) is 15.7 Å². The Hall–Kier alpha value is -3.09. The molecule has 0 unspecified atom stereocenters. The fourth-order valence-corrected chi connectivity index (χ4v) is 3.95. The number of rotatable bonds is 7. The quantitative estimate of drug-likeness (QED) is 0.616. The lowest BCUT2D eigenvalue weighted by molar-refractivity contribution is -0.133. The second-order valence-corrected chi connectivity index (χ2v) is 7.39. The molecule has 0 aliphatic carbocycles. The summed E-state index contributed by atoms with van der Waals surface area (Å²) in [6.07, 6.45) is 6.06. The summed E-state index contributed by atoms with van der Waals surface area (Å²) < 4.78 is 8.44. The zero-order chi connectivity index (χ0) is 20.2. The molecule has 1 aliphatic rings. The van der Waals surface area contributed by atoms with Gasteiger partial charge in [-0.15, -0.1) is 0 Å². The normalized spacial score (nSPS) is 16.4. The molecule has 1 fully saturated rings. The predicted octanol–water partition coefficient (Wildman–Crippen LogP) is 3.33. The highest BCUT2D eigenvalue weighted by molar-refractivity contribution is 5.76. The smallest absolute Gasteiger partial charge is 0.351 e. The Morgan fingerprint density at radius 2 is 2.03 bits per heavy atom. The van der Waals surface area contributed by atoms with Crippen molar-refractivity contribution >= 4 is 5.91 Å². The highest BCUT2D eigenvalue weighted by Gasteiger charge is 2.32. The Balaban J connectivity index is 1.61. The van der Waals surface area contributed by atoms with Crippen molar-refractivity contribution in [3.63, 3.8) is 0 Å². The minimum atomic E-state index is -0.274. The van der Waals surface area contributed by atoms with E-state index >= 15 is 0 Å². The molecule has 7 heteroatoms. The van der Waals surface area contributed by atoms with Crippen molar-refractivity contribution in [2.75, 3.05) is 6.54 Å². The van der Waals surface area contributed by atoms with Gasteiger partial charge in [-0.05, 0) is 43.5 Å². The van der Waals surface area contributed by atoms with Gasteiger partial charge in [0.15, 0.2) is 0 Å². The number of hydrogen-bond donors (Lipinski definition) is 0. The molecule has 7 nitrogen and oxygen atoms in total. The highest BCUT2D eigenvalue weighted by Crippen LogP contribution is 2.32. The van der Waals surface area contributed by atoms with Crippen LogP contribution in [-0.4, -0.2) is 31.7 Å². The largest absolute Gasteiger partial charge is 0.467 e. The molecule has 152 valence electrons. The third-order valence-corrected chi connectivity index (χ3v) is 5.40. The Morgan fingerprint density at radius 3 is 2.76 bits per heavy atom. The number of amides is 1. The third-order valence-electron chi connectivity index (χ3n) is 5.40. The number of hydrogen-bond acceptors (Lipinski definition) is 4. The van der Waals surface area contributed by atoms with Gasteiger partial charge in [-0.2, -0.15) is 5.10 Å². The molecule has 3 aromatic rings. The monoisotopic (exact) mass is 394 g/mol. The van der Waals surface area contributed by atoms with Crippen LogP contribution in [0.2, 0.25) is 0 Å². The fourth-order valence-electron chi connectivity index (χ4n) is 3.95. The van der Waals surface area contributed by atoms with E-state index < -0.39 is 0 Å². The number of aromatic nitrogens is 3. The van der Waals surface area contributed by atoms with E-state index in [-0.39, 0.29) is 24.2 Å². The molecular weight excluding hydrogens is 368 g/mol. The maximum atomic E-state index is 13.1. The number of benzene rings is 1. The second-order valence-electron chi connectivity index (χ2n) is 7.39. The third kappa shape index (κ3) is 3.90. The first-order valence-corrected chi connectivity index (χ1v) is 10.3. The number of unbranched alkanes of at least 4 members (excludes halogenated alkanes) is 1. The average Bonchev–Trinajstić information content (AvgIpc) is 3.48. The Kier molecular flexibility index (Phi) is 5.64. The van der Waals surface area contributed by atoms with Gasteiger partial charge >= 0.3 is 5.69 Å². The average molecular weight is 394 g/mol. The van der Waals surface area contributed by atoms with Gasteiger partial charge in [0.25, 0.3) is 0 Å². The lowest BCUT2D eigenvalue weighted by Crippen LogP contribution is -2.36. The van der Waals surface area contributed by atoms with Crippen LogP contribution in [-0.2, 0) is 17.8 Å². The number of furan rings is 1. The van der Waals surface area contributed by atoms with Crippen LogP contribution in [0.15, 0.2) is 57.9 Å². The summed E-state index contributed by atoms with van der Waals surface area (Å²) in [6.45, 7) is 2.71. The summed E-state index contributed by atoms with van der Waals surface area (Å²) in [4.78, 5) is 27.9. The van der Waals surface area contributed by atoms with Gasteiger partial charge in [-0.3, -0.25) is 4.79 Å². The summed E-state index contributed by atoms with van der Waals surface area (Å²) in [7, 11) is 0. The van der Waals surface area contributed by atoms with Crippen LogP contribution in [0.3, 0.4) is 0 Å². The topological polar surface area (TPSA) is 73.3 Å². The fraction of sp³-hybridized carbons (Fsp3) is 0.409. The van der Waals surface area contributed by atoms with Gasteiger partial charge in [0, 0.05) is 13.0 Å². The highest BCUT2D eigenvalue weighted by atomic mass is 16.3. The molecule has 1 amide bonds. The predicted molar refractivity (Wildman–Crippen MR) is 109 cm³/mol. The van der Waals surface area contributed by atoms with Crippen LogP contribution in [0, 0.1) is 0 Å². The minimum absolute atomic E-state index is 0.0605. The van der Waals surface area contributed by atoms with Crippen LogP contribution in [0.5, 0.6) is 0 Å². The SMILES string of the molecule is CCCCc1nn(CC(=O)N2CCC[C@H]2c2ccco2)c(=O)n1-c1ccccc1. The van der Waals surface area contributed by atoms with Crippen LogP contribution in [0.4, 0.5) is 0 Å². The van der Waals surface area contributed by atoms with E-state index in [1.165, 1.54) is 4.68 Å². The molecule has 4 rings (SSSR count). The molecule has 1 saturated heterocycles.